The van der Waals surface area contributed by atoms with E-state index in [2.05, 4.69) is 5.32 Å². The number of hydrogen-bond donors (Lipinski definition) is 2. The van der Waals surface area contributed by atoms with Crippen LogP contribution in [-0.4, -0.2) is 38.1 Å². The summed E-state index contributed by atoms with van der Waals surface area (Å²) in [6, 6.07) is 7.64. The van der Waals surface area contributed by atoms with E-state index in [1.165, 1.54) is 0 Å². The number of halogens is 1. The Morgan fingerprint density at radius 2 is 2.04 bits per heavy atom. The van der Waals surface area contributed by atoms with E-state index >= 15 is 0 Å². The second-order valence-electron chi connectivity index (χ2n) is 5.83. The van der Waals surface area contributed by atoms with Gasteiger partial charge in [-0.25, -0.2) is 0 Å². The maximum atomic E-state index is 12.0. The SMILES string of the molecule is COC(CN)CC(=O)NC(C)c1ccc(N2CCCC2=O)cc1.Cl. The van der Waals surface area contributed by atoms with Crippen LogP contribution in [0.25, 0.3) is 0 Å². The molecule has 1 fully saturated rings. The molecule has 2 amide bonds. The largest absolute Gasteiger partial charge is 0.380 e. The first-order chi connectivity index (χ1) is 11.0. The van der Waals surface area contributed by atoms with Crippen LogP contribution in [0.2, 0.25) is 0 Å². The van der Waals surface area contributed by atoms with Crippen LogP contribution in [0.15, 0.2) is 24.3 Å². The van der Waals surface area contributed by atoms with E-state index in [-0.39, 0.29) is 42.8 Å². The number of nitrogens with two attached hydrogens (primary N) is 1. The van der Waals surface area contributed by atoms with Crippen LogP contribution >= 0.6 is 12.4 Å². The van der Waals surface area contributed by atoms with E-state index in [4.69, 9.17) is 10.5 Å². The summed E-state index contributed by atoms with van der Waals surface area (Å²) in [4.78, 5) is 25.5. The van der Waals surface area contributed by atoms with Gasteiger partial charge < -0.3 is 20.7 Å². The van der Waals surface area contributed by atoms with Gasteiger partial charge in [-0.05, 0) is 31.0 Å². The van der Waals surface area contributed by atoms with Crippen molar-refractivity contribution in [3.8, 4) is 0 Å². The zero-order valence-corrected chi connectivity index (χ0v) is 15.0. The quantitative estimate of drug-likeness (QED) is 0.780. The Kier molecular flexibility index (Phi) is 8.18. The second-order valence-corrected chi connectivity index (χ2v) is 5.83. The lowest BCUT2D eigenvalue weighted by atomic mass is 10.1. The number of carbonyl (C=O) groups is 2. The molecule has 1 aliphatic heterocycles. The minimum absolute atomic E-state index is 0. The molecule has 1 aliphatic rings. The van der Waals surface area contributed by atoms with Gasteiger partial charge in [-0.2, -0.15) is 0 Å². The van der Waals surface area contributed by atoms with Crippen molar-refractivity contribution in [3.05, 3.63) is 29.8 Å². The minimum atomic E-state index is -0.259. The topological polar surface area (TPSA) is 84.7 Å². The van der Waals surface area contributed by atoms with E-state index in [1.807, 2.05) is 31.2 Å². The van der Waals surface area contributed by atoms with E-state index in [1.54, 1.807) is 12.0 Å². The number of ether oxygens (including phenoxy) is 1. The molecule has 7 heteroatoms. The molecule has 0 aliphatic carbocycles. The molecule has 0 radical (unpaired) electrons. The third-order valence-electron chi connectivity index (χ3n) is 4.16. The Hall–Kier alpha value is -1.63. The van der Waals surface area contributed by atoms with Crippen molar-refractivity contribution in [1.82, 2.24) is 5.32 Å². The Labute approximate surface area is 149 Å². The lowest BCUT2D eigenvalue weighted by Gasteiger charge is -2.19. The van der Waals surface area contributed by atoms with Crippen molar-refractivity contribution in [3.63, 3.8) is 0 Å². The molecular formula is C17H26ClN3O3. The normalized spacial score (nSPS) is 16.5. The Morgan fingerprint density at radius 1 is 1.38 bits per heavy atom. The van der Waals surface area contributed by atoms with Crippen LogP contribution in [0.3, 0.4) is 0 Å². The van der Waals surface area contributed by atoms with Crippen LogP contribution in [0.4, 0.5) is 5.69 Å². The zero-order valence-electron chi connectivity index (χ0n) is 14.2. The van der Waals surface area contributed by atoms with Gasteiger partial charge in [-0.1, -0.05) is 12.1 Å². The summed E-state index contributed by atoms with van der Waals surface area (Å²) in [5.74, 6) is 0.0834. The summed E-state index contributed by atoms with van der Waals surface area (Å²) in [5.41, 5.74) is 7.43. The lowest BCUT2D eigenvalue weighted by Crippen LogP contribution is -2.33. The molecule has 0 spiro atoms. The molecule has 0 bridgehead atoms. The number of rotatable bonds is 7. The first kappa shape index (κ1) is 20.4. The van der Waals surface area contributed by atoms with Crippen molar-refractivity contribution in [2.75, 3.05) is 25.1 Å². The number of nitrogens with zero attached hydrogens (tertiary/aromatic N) is 1. The van der Waals surface area contributed by atoms with Gasteiger partial charge in [-0.15, -0.1) is 12.4 Å². The molecule has 1 aromatic rings. The second kappa shape index (κ2) is 9.61. The van der Waals surface area contributed by atoms with E-state index in [9.17, 15) is 9.59 Å². The molecule has 1 saturated heterocycles. The number of anilines is 1. The van der Waals surface area contributed by atoms with Gasteiger partial charge in [0.05, 0.1) is 18.6 Å². The molecule has 3 N–H and O–H groups in total. The van der Waals surface area contributed by atoms with Crippen LogP contribution in [0.1, 0.15) is 37.8 Å². The maximum Gasteiger partial charge on any atom is 0.227 e. The van der Waals surface area contributed by atoms with Crippen molar-refractivity contribution in [1.29, 1.82) is 0 Å². The number of methoxy groups -OCH3 is 1. The smallest absolute Gasteiger partial charge is 0.227 e. The number of amides is 2. The maximum absolute atomic E-state index is 12.0. The lowest BCUT2D eigenvalue weighted by molar-refractivity contribution is -0.124. The summed E-state index contributed by atoms with van der Waals surface area (Å²) in [7, 11) is 1.55. The molecule has 24 heavy (non-hydrogen) atoms. The van der Waals surface area contributed by atoms with Gasteiger partial charge in [0.1, 0.15) is 0 Å². The first-order valence-corrected chi connectivity index (χ1v) is 7.97. The standard InChI is InChI=1S/C17H25N3O3.ClH/c1-12(19-16(21)10-15(11-18)23-2)13-5-7-14(8-6-13)20-9-3-4-17(20)22;/h5-8,12,15H,3-4,9-11,18H2,1-2H3,(H,19,21);1H. The molecule has 6 nitrogen and oxygen atoms in total. The molecule has 1 heterocycles. The van der Waals surface area contributed by atoms with Crippen LogP contribution in [-0.2, 0) is 14.3 Å². The third kappa shape index (κ3) is 5.19. The zero-order chi connectivity index (χ0) is 16.8. The summed E-state index contributed by atoms with van der Waals surface area (Å²) in [6.07, 6.45) is 1.52. The predicted molar refractivity (Wildman–Crippen MR) is 96.3 cm³/mol. The Balaban J connectivity index is 0.00000288. The van der Waals surface area contributed by atoms with Gasteiger partial charge in [0, 0.05) is 32.3 Å². The van der Waals surface area contributed by atoms with Crippen molar-refractivity contribution >= 4 is 29.9 Å². The molecule has 2 unspecified atom stereocenters. The molecule has 0 aromatic heterocycles. The number of carbonyl (C=O) groups excluding carboxylic acids is 2. The van der Waals surface area contributed by atoms with Crippen molar-refractivity contribution < 1.29 is 14.3 Å². The van der Waals surface area contributed by atoms with Crippen LogP contribution in [0, 0.1) is 0 Å². The molecule has 2 atom stereocenters. The van der Waals surface area contributed by atoms with Gasteiger partial charge in [0.25, 0.3) is 0 Å². The van der Waals surface area contributed by atoms with Gasteiger partial charge in [0.2, 0.25) is 11.8 Å². The Bertz CT molecular complexity index is 547. The number of hydrogen-bond acceptors (Lipinski definition) is 4. The molecular weight excluding hydrogens is 330 g/mol. The van der Waals surface area contributed by atoms with Gasteiger partial charge >= 0.3 is 0 Å². The fraction of sp³-hybridized carbons (Fsp3) is 0.529. The van der Waals surface area contributed by atoms with Crippen LogP contribution in [0.5, 0.6) is 0 Å². The Morgan fingerprint density at radius 3 is 2.54 bits per heavy atom. The molecule has 1 aromatic carbocycles. The highest BCUT2D eigenvalue weighted by Crippen LogP contribution is 2.23. The van der Waals surface area contributed by atoms with Gasteiger partial charge in [-0.3, -0.25) is 9.59 Å². The number of nitrogens with one attached hydrogen (secondary N) is 1. The average Bonchev–Trinajstić information content (AvgIpc) is 2.98. The highest BCUT2D eigenvalue weighted by atomic mass is 35.5. The fourth-order valence-electron chi connectivity index (χ4n) is 2.72. The molecule has 2 rings (SSSR count). The summed E-state index contributed by atoms with van der Waals surface area (Å²) >= 11 is 0. The molecule has 134 valence electrons. The highest BCUT2D eigenvalue weighted by Gasteiger charge is 2.21. The summed E-state index contributed by atoms with van der Waals surface area (Å²) in [6.45, 7) is 3.02. The van der Waals surface area contributed by atoms with Crippen molar-refractivity contribution in [2.24, 2.45) is 5.73 Å². The monoisotopic (exact) mass is 355 g/mol. The average molecular weight is 356 g/mol. The highest BCUT2D eigenvalue weighted by molar-refractivity contribution is 5.95. The van der Waals surface area contributed by atoms with Gasteiger partial charge in [0.15, 0.2) is 0 Å². The third-order valence-corrected chi connectivity index (χ3v) is 4.16. The van der Waals surface area contributed by atoms with E-state index in [0.29, 0.717) is 13.0 Å². The first-order valence-electron chi connectivity index (χ1n) is 7.97. The van der Waals surface area contributed by atoms with E-state index in [0.717, 1.165) is 24.2 Å². The number of benzene rings is 1. The minimum Gasteiger partial charge on any atom is -0.380 e. The van der Waals surface area contributed by atoms with Crippen molar-refractivity contribution in [2.45, 2.75) is 38.3 Å². The summed E-state index contributed by atoms with van der Waals surface area (Å²) in [5, 5.41) is 2.94. The molecule has 0 saturated carbocycles. The summed E-state index contributed by atoms with van der Waals surface area (Å²) < 4.78 is 5.12. The van der Waals surface area contributed by atoms with E-state index < -0.39 is 0 Å². The fourth-order valence-corrected chi connectivity index (χ4v) is 2.72. The predicted octanol–water partition coefficient (Wildman–Crippen LogP) is 1.78. The van der Waals surface area contributed by atoms with Crippen LogP contribution < -0.4 is 16.0 Å².